The summed E-state index contributed by atoms with van der Waals surface area (Å²) in [6.07, 6.45) is 19.5. The van der Waals surface area contributed by atoms with Crippen molar-refractivity contribution in [3.8, 4) is 0 Å². The second kappa shape index (κ2) is 31.0. The summed E-state index contributed by atoms with van der Waals surface area (Å²) in [6, 6.07) is 4.56. The number of allylic oxidation sites excluding steroid dienone is 1. The number of carbonyl (C=O) groups excluding carboxylic acids is 2. The van der Waals surface area contributed by atoms with Crippen molar-refractivity contribution in [3.05, 3.63) is 53.9 Å². The molecule has 14 atom stereocenters. The Morgan fingerprint density at radius 1 is 1.00 bits per heavy atom. The average molecular weight is 993 g/mol. The molecule has 360 valence electrons. The van der Waals surface area contributed by atoms with Gasteiger partial charge in [0.15, 0.2) is 12.2 Å². The molecule has 3 heterocycles. The summed E-state index contributed by atoms with van der Waals surface area (Å²) in [5.41, 5.74) is 3.88. The number of aldehydes is 1. The van der Waals surface area contributed by atoms with E-state index in [-0.39, 0.29) is 136 Å². The second-order valence-electron chi connectivity index (χ2n) is 19.3. The first-order valence-corrected chi connectivity index (χ1v) is 22.5. The molecule has 1 aromatic heterocycles. The summed E-state index contributed by atoms with van der Waals surface area (Å²) < 4.78 is 0. The fourth-order valence-electron chi connectivity index (χ4n) is 11.3. The molecule has 6 aliphatic rings. The van der Waals surface area contributed by atoms with Crippen molar-refractivity contribution in [1.29, 1.82) is 5.41 Å². The minimum atomic E-state index is -1.79. The monoisotopic (exact) mass is 992 g/mol. The van der Waals surface area contributed by atoms with Gasteiger partial charge in [0, 0.05) is 32.0 Å². The Morgan fingerprint density at radius 3 is 2.23 bits per heavy atom. The topological polar surface area (TPSA) is 220 Å². The number of nitrogens with one attached hydrogen (secondary N) is 3. The van der Waals surface area contributed by atoms with Gasteiger partial charge in [-0.25, -0.2) is 0 Å². The number of hydrogen-bond donors (Lipinski definition) is 9. The maximum absolute atomic E-state index is 10.4. The summed E-state index contributed by atoms with van der Waals surface area (Å²) >= 11 is 0. The first kappa shape index (κ1) is 64.6. The Morgan fingerprint density at radius 2 is 1.70 bits per heavy atom. The van der Waals surface area contributed by atoms with Crippen molar-refractivity contribution >= 4 is 130 Å². The zero-order valence-electron chi connectivity index (χ0n) is 38.2. The van der Waals surface area contributed by atoms with E-state index in [1.54, 1.807) is 17.5 Å². The van der Waals surface area contributed by atoms with Gasteiger partial charge in [0.05, 0.1) is 19.3 Å². The number of nitrogens with zero attached hydrogens (tertiary/aromatic N) is 2. The third-order valence-electron chi connectivity index (χ3n) is 14.8. The van der Waals surface area contributed by atoms with E-state index in [0.29, 0.717) is 23.4 Å². The van der Waals surface area contributed by atoms with Gasteiger partial charge in [0.1, 0.15) is 24.4 Å². The van der Waals surface area contributed by atoms with Crippen LogP contribution in [-0.4, -0.2) is 205 Å². The average Bonchev–Trinajstić information content (AvgIpc) is 3.76. The molecule has 1 saturated heterocycles. The van der Waals surface area contributed by atoms with Gasteiger partial charge < -0.3 is 45.7 Å². The van der Waals surface area contributed by atoms with Gasteiger partial charge in [-0.2, -0.15) is 9.90 Å². The van der Waals surface area contributed by atoms with Crippen LogP contribution in [0, 0.1) is 51.7 Å². The van der Waals surface area contributed by atoms with Crippen molar-refractivity contribution in [3.63, 3.8) is 0 Å². The molecule has 1 aromatic rings. The number of likely N-dealkylation sites (N-methyl/N-ethyl adjacent to an activating group) is 1. The van der Waals surface area contributed by atoms with Crippen molar-refractivity contribution in [2.75, 3.05) is 26.7 Å². The van der Waals surface area contributed by atoms with Gasteiger partial charge in [0.25, 0.3) is 0 Å². The molecule has 0 bridgehead atoms. The molecule has 0 aromatic carbocycles. The Bertz CT molecular complexity index is 1610. The predicted molar refractivity (Wildman–Crippen MR) is 268 cm³/mol. The number of rotatable bonds is 11. The number of amides is 1. The van der Waals surface area contributed by atoms with Gasteiger partial charge in [-0.3, -0.25) is 20.5 Å². The molecule has 17 heteroatoms. The summed E-state index contributed by atoms with van der Waals surface area (Å²) in [7, 11) is 1.69. The SMILES string of the molecule is C1=CC[C@@H](c2cccnc2)NC1.CC(C)CCC[C@@H](C)[C@H]1CC[C@H]2[C@@H]3CC=C4C[C@@H](O)CC[C@]4(C)[C@H]3CC[C@]12C.CN1CC(=O)NC1=N.Cl.O=C[C@H](O)[C@@H](O)[C@H](O)[C@H](O)CO.P.[CaH2].[KH]. The Hall–Kier alpha value is 0.576. The summed E-state index contributed by atoms with van der Waals surface area (Å²) in [5, 5.41) is 66.5. The van der Waals surface area contributed by atoms with E-state index in [1.807, 2.05) is 18.5 Å². The van der Waals surface area contributed by atoms with E-state index in [9.17, 15) is 14.7 Å². The Kier molecular flexibility index (Phi) is 31.3. The molecular formula is C47H84CaClKN5O8P. The van der Waals surface area contributed by atoms with Crippen molar-refractivity contribution in [2.24, 2.45) is 46.3 Å². The molecule has 0 radical (unpaired) electrons. The van der Waals surface area contributed by atoms with Crippen LogP contribution < -0.4 is 10.6 Å². The van der Waals surface area contributed by atoms with Gasteiger partial charge in [0.2, 0.25) is 5.91 Å². The minimum absolute atomic E-state index is 0. The van der Waals surface area contributed by atoms with E-state index in [2.05, 4.69) is 74.5 Å². The van der Waals surface area contributed by atoms with Crippen LogP contribution in [-0.2, 0) is 9.59 Å². The third kappa shape index (κ3) is 17.5. The van der Waals surface area contributed by atoms with E-state index < -0.39 is 31.0 Å². The number of halogens is 1. The van der Waals surface area contributed by atoms with Crippen LogP contribution in [0.2, 0.25) is 0 Å². The van der Waals surface area contributed by atoms with Crippen LogP contribution in [0.5, 0.6) is 0 Å². The van der Waals surface area contributed by atoms with Crippen LogP contribution >= 0.6 is 22.3 Å². The van der Waals surface area contributed by atoms with E-state index >= 15 is 0 Å². The van der Waals surface area contributed by atoms with E-state index in [0.717, 1.165) is 61.3 Å². The van der Waals surface area contributed by atoms with Gasteiger partial charge in [-0.1, -0.05) is 83.7 Å². The molecule has 64 heavy (non-hydrogen) atoms. The van der Waals surface area contributed by atoms with Gasteiger partial charge >= 0.3 is 89.1 Å². The molecule has 3 saturated carbocycles. The maximum atomic E-state index is 10.4. The molecule has 1 unspecified atom stereocenters. The molecule has 2 aliphatic heterocycles. The van der Waals surface area contributed by atoms with Crippen molar-refractivity contribution < 1.29 is 40.2 Å². The fourth-order valence-corrected chi connectivity index (χ4v) is 11.3. The summed E-state index contributed by atoms with van der Waals surface area (Å²) in [5.74, 6) is 5.55. The molecule has 13 nitrogen and oxygen atoms in total. The van der Waals surface area contributed by atoms with E-state index in [4.69, 9.17) is 30.9 Å². The third-order valence-corrected chi connectivity index (χ3v) is 14.8. The summed E-state index contributed by atoms with van der Waals surface area (Å²) in [4.78, 5) is 25.9. The van der Waals surface area contributed by atoms with Crippen molar-refractivity contribution in [2.45, 2.75) is 148 Å². The van der Waals surface area contributed by atoms with Crippen LogP contribution in [0.15, 0.2) is 48.3 Å². The van der Waals surface area contributed by atoms with Gasteiger partial charge in [-0.05, 0) is 116 Å². The molecule has 0 spiro atoms. The predicted octanol–water partition coefficient (Wildman–Crippen LogP) is 3.58. The fraction of sp³-hybridized carbons (Fsp3) is 0.745. The van der Waals surface area contributed by atoms with Crippen LogP contribution in [0.25, 0.3) is 0 Å². The van der Waals surface area contributed by atoms with Crippen molar-refractivity contribution in [1.82, 2.24) is 20.5 Å². The van der Waals surface area contributed by atoms with Crippen LogP contribution in [0.4, 0.5) is 0 Å². The zero-order valence-corrected chi connectivity index (χ0v) is 40.4. The number of fused-ring (bicyclic) bond motifs is 5. The molecule has 7 rings (SSSR count). The second-order valence-corrected chi connectivity index (χ2v) is 19.3. The Balaban J connectivity index is 0.000000923. The molecule has 9 N–H and O–H groups in total. The summed E-state index contributed by atoms with van der Waals surface area (Å²) in [6.45, 7) is 13.1. The molecule has 1 amide bonds. The number of hydrogen-bond acceptors (Lipinski definition) is 11. The van der Waals surface area contributed by atoms with Crippen LogP contribution in [0.1, 0.15) is 123 Å². The quantitative estimate of drug-likeness (QED) is 0.0676. The van der Waals surface area contributed by atoms with E-state index in [1.165, 1.54) is 63.4 Å². The normalized spacial score (nSPS) is 31.0. The first-order valence-electron chi connectivity index (χ1n) is 22.5. The number of aliphatic hydroxyl groups is 6. The molecule has 4 fully saturated rings. The number of aromatic nitrogens is 1. The molecule has 4 aliphatic carbocycles. The standard InChI is InChI=1S/C27H46O.C10H12N2.C6H12O6.C4H7N3O.Ca.ClH.K.H3P.3H/c1-18(2)7-6-8-19(3)23-11-12-24-22-10-9-20-17-21(28)13-15-26(20,4)25(22)14-16-27(23,24)5;1-2-7-12-10(5-1)9-4-3-6-11-8-9;7-1-3(9)5(11)6(12)4(10)2-8;1-7-2-3(8)6-4(7)5;;;;;;;/h9,18-19,21-25,28H,6-8,10-17H2,1-5H3;1-4,6,8,10,12H,5,7H2;1,3-6,8-12H,2H2;2H2,1H3,(H2,5,6,8);;1H;;1H3;;;/t19-,21+,22+,23-,24+,25+,26+,27-;10-;3-,4+,5+,6+;;;;;;;;/m100......../s1. The Labute approximate surface area is 465 Å². The number of carbonyl (C=O) groups is 2. The van der Waals surface area contributed by atoms with Crippen LogP contribution in [0.3, 0.4) is 0 Å². The number of guanidine groups is 1. The number of pyridine rings is 1. The zero-order chi connectivity index (χ0) is 44.2. The van der Waals surface area contributed by atoms with Gasteiger partial charge in [-0.15, -0.1) is 12.4 Å². The number of aliphatic hydroxyl groups excluding tert-OH is 6. The first-order chi connectivity index (χ1) is 28.5. The molecular weight excluding hydrogens is 908 g/mol.